The number of hydrogen-bond acceptors (Lipinski definition) is 3. The molecule has 4 nitrogen and oxygen atoms in total. The van der Waals surface area contributed by atoms with E-state index in [0.29, 0.717) is 37.1 Å². The molecule has 0 aliphatic heterocycles. The fourth-order valence-electron chi connectivity index (χ4n) is 3.51. The Bertz CT molecular complexity index is 897. The summed E-state index contributed by atoms with van der Waals surface area (Å²) in [7, 11) is 0. The maximum absolute atomic E-state index is 14.5. The van der Waals surface area contributed by atoms with Crippen molar-refractivity contribution in [3.8, 4) is 6.07 Å². The lowest BCUT2D eigenvalue weighted by atomic mass is 9.98. The summed E-state index contributed by atoms with van der Waals surface area (Å²) < 4.78 is 109. The summed E-state index contributed by atoms with van der Waals surface area (Å²) in [6, 6.07) is -0.839. The topological polar surface area (TPSA) is 64.9 Å². The molecule has 2 N–H and O–H groups in total. The smallest absolute Gasteiger partial charge is 0.336 e. The van der Waals surface area contributed by atoms with Crippen LogP contribution in [-0.4, -0.2) is 29.6 Å². The van der Waals surface area contributed by atoms with Crippen LogP contribution in [0.25, 0.3) is 0 Å². The van der Waals surface area contributed by atoms with Crippen molar-refractivity contribution in [3.05, 3.63) is 35.4 Å². The number of carbonyl (C=O) groups excluding carboxylic acids is 1. The Hall–Kier alpha value is -2.42. The molecule has 0 radical (unpaired) electrons. The number of alkyl halides is 8. The van der Waals surface area contributed by atoms with Gasteiger partial charge in [0.25, 0.3) is 0 Å². The number of nitrogens with one attached hydrogen (secondary N) is 2. The number of amides is 1. The van der Waals surface area contributed by atoms with Crippen LogP contribution in [0.15, 0.2) is 24.3 Å². The highest BCUT2D eigenvalue weighted by molar-refractivity contribution is 5.83. The second-order valence-corrected chi connectivity index (χ2v) is 8.70. The van der Waals surface area contributed by atoms with Gasteiger partial charge in [0.05, 0.1) is 17.7 Å². The van der Waals surface area contributed by atoms with Crippen LogP contribution in [0, 0.1) is 17.2 Å². The number of carbonyl (C=O) groups is 1. The largest absolute Gasteiger partial charge is 0.416 e. The van der Waals surface area contributed by atoms with Gasteiger partial charge in [-0.1, -0.05) is 26.0 Å². The Labute approximate surface area is 198 Å². The van der Waals surface area contributed by atoms with Crippen LogP contribution in [0.5, 0.6) is 0 Å². The van der Waals surface area contributed by atoms with Crippen molar-refractivity contribution in [2.75, 3.05) is 0 Å². The molecule has 2 saturated carbocycles. The minimum absolute atomic E-state index is 0.238. The van der Waals surface area contributed by atoms with Crippen LogP contribution in [0.4, 0.5) is 35.1 Å². The molecule has 2 fully saturated rings. The zero-order chi connectivity index (χ0) is 26.7. The number of hydrogen-bond donors (Lipinski definition) is 2. The van der Waals surface area contributed by atoms with Gasteiger partial charge in [0, 0.05) is 12.8 Å². The SMILES string of the molecule is CC.N#CC1(NC(=O)C(CC(F)(F)CC2CC2)NC(c2ccc(C(F)(F)F)cc2)C(F)(F)F)CC1. The van der Waals surface area contributed by atoms with Gasteiger partial charge in [-0.2, -0.15) is 31.6 Å². The normalized spacial score (nSPS) is 19.0. The van der Waals surface area contributed by atoms with E-state index in [0.717, 1.165) is 0 Å². The van der Waals surface area contributed by atoms with E-state index in [-0.39, 0.29) is 18.8 Å². The number of halogens is 8. The fourth-order valence-corrected chi connectivity index (χ4v) is 3.51. The predicted octanol–water partition coefficient (Wildman–Crippen LogP) is 6.29. The van der Waals surface area contributed by atoms with Crippen molar-refractivity contribution in [2.24, 2.45) is 5.92 Å². The van der Waals surface area contributed by atoms with E-state index in [2.05, 4.69) is 5.32 Å². The molecule has 3 rings (SSSR count). The lowest BCUT2D eigenvalue weighted by Gasteiger charge is -2.30. The number of benzene rings is 1. The first-order valence-electron chi connectivity index (χ1n) is 11.3. The second-order valence-electron chi connectivity index (χ2n) is 8.70. The van der Waals surface area contributed by atoms with Gasteiger partial charge in [0.1, 0.15) is 11.6 Å². The molecular weight excluding hydrogens is 486 g/mol. The van der Waals surface area contributed by atoms with E-state index in [4.69, 9.17) is 5.26 Å². The van der Waals surface area contributed by atoms with Gasteiger partial charge in [-0.05, 0) is 49.3 Å². The highest BCUT2D eigenvalue weighted by Crippen LogP contribution is 2.42. The van der Waals surface area contributed by atoms with Crippen molar-refractivity contribution in [2.45, 2.75) is 88.3 Å². The zero-order valence-corrected chi connectivity index (χ0v) is 19.2. The van der Waals surface area contributed by atoms with E-state index in [1.807, 2.05) is 19.2 Å². The maximum atomic E-state index is 14.5. The molecule has 196 valence electrons. The van der Waals surface area contributed by atoms with Crippen LogP contribution < -0.4 is 10.6 Å². The molecule has 2 aliphatic carbocycles. The molecule has 2 atom stereocenters. The van der Waals surface area contributed by atoms with Crippen LogP contribution in [-0.2, 0) is 11.0 Å². The molecule has 0 saturated heterocycles. The fraction of sp³-hybridized carbons (Fsp3) is 0.652. The minimum atomic E-state index is -5.10. The van der Waals surface area contributed by atoms with Gasteiger partial charge in [-0.3, -0.25) is 10.1 Å². The third kappa shape index (κ3) is 8.33. The molecule has 0 heterocycles. The van der Waals surface area contributed by atoms with E-state index in [1.165, 1.54) is 0 Å². The van der Waals surface area contributed by atoms with Crippen molar-refractivity contribution in [1.29, 1.82) is 5.26 Å². The average molecular weight is 513 g/mol. The maximum Gasteiger partial charge on any atom is 0.416 e. The molecule has 1 amide bonds. The highest BCUT2D eigenvalue weighted by Gasteiger charge is 2.50. The quantitative estimate of drug-likeness (QED) is 0.382. The molecule has 1 aromatic rings. The third-order valence-corrected chi connectivity index (χ3v) is 5.70. The Morgan fingerprint density at radius 3 is 2.00 bits per heavy atom. The van der Waals surface area contributed by atoms with Crippen LogP contribution in [0.2, 0.25) is 0 Å². The molecule has 0 spiro atoms. The lowest BCUT2D eigenvalue weighted by Crippen LogP contribution is -2.53. The molecule has 35 heavy (non-hydrogen) atoms. The van der Waals surface area contributed by atoms with Crippen LogP contribution in [0.1, 0.15) is 69.5 Å². The van der Waals surface area contributed by atoms with Gasteiger partial charge in [-0.25, -0.2) is 8.78 Å². The first-order valence-corrected chi connectivity index (χ1v) is 11.3. The Balaban J connectivity index is 0.00000210. The number of nitriles is 1. The first kappa shape index (κ1) is 28.8. The van der Waals surface area contributed by atoms with Crippen molar-refractivity contribution < 1.29 is 39.9 Å². The molecule has 1 aromatic carbocycles. The van der Waals surface area contributed by atoms with Gasteiger partial charge in [-0.15, -0.1) is 0 Å². The summed E-state index contributed by atoms with van der Waals surface area (Å²) >= 11 is 0. The van der Waals surface area contributed by atoms with E-state index in [9.17, 15) is 39.9 Å². The van der Waals surface area contributed by atoms with Gasteiger partial charge in [0.2, 0.25) is 11.8 Å². The summed E-state index contributed by atoms with van der Waals surface area (Å²) in [5.41, 5.74) is -3.15. The Morgan fingerprint density at radius 2 is 1.60 bits per heavy atom. The first-order chi connectivity index (χ1) is 16.1. The molecule has 2 unspecified atom stereocenters. The van der Waals surface area contributed by atoms with Gasteiger partial charge < -0.3 is 5.32 Å². The summed E-state index contributed by atoms with van der Waals surface area (Å²) in [4.78, 5) is 12.6. The van der Waals surface area contributed by atoms with Crippen molar-refractivity contribution >= 4 is 5.91 Å². The van der Waals surface area contributed by atoms with E-state index in [1.54, 1.807) is 6.07 Å². The standard InChI is InChI=1S/C21H21F8N3O.C2H6/c22-19(23,9-12-1-2-12)10-15(17(33)32-18(11-30)7-8-18)31-16(21(27,28)29)13-3-5-14(6-4-13)20(24,25)26;1-2/h3-6,12,15-16,31H,1-2,7-10H2,(H,32,33);1-2H3. The third-order valence-electron chi connectivity index (χ3n) is 5.70. The average Bonchev–Trinajstić information content (AvgIpc) is 3.69. The van der Waals surface area contributed by atoms with Crippen molar-refractivity contribution in [1.82, 2.24) is 10.6 Å². The van der Waals surface area contributed by atoms with E-state index >= 15 is 0 Å². The van der Waals surface area contributed by atoms with Crippen LogP contribution >= 0.6 is 0 Å². The van der Waals surface area contributed by atoms with Gasteiger partial charge in [0.15, 0.2) is 0 Å². The monoisotopic (exact) mass is 513 g/mol. The number of nitrogens with zero attached hydrogens (tertiary/aromatic N) is 1. The summed E-state index contributed by atoms with van der Waals surface area (Å²) in [5, 5.41) is 13.2. The zero-order valence-electron chi connectivity index (χ0n) is 19.2. The molecule has 2 aliphatic rings. The summed E-state index contributed by atoms with van der Waals surface area (Å²) in [6.45, 7) is 4.00. The summed E-state index contributed by atoms with van der Waals surface area (Å²) in [6.07, 6.45) is -10.1. The Kier molecular flexibility index (Phi) is 8.79. The Morgan fingerprint density at radius 1 is 1.06 bits per heavy atom. The lowest BCUT2D eigenvalue weighted by molar-refractivity contribution is -0.163. The van der Waals surface area contributed by atoms with Crippen LogP contribution in [0.3, 0.4) is 0 Å². The predicted molar refractivity (Wildman–Crippen MR) is 111 cm³/mol. The highest BCUT2D eigenvalue weighted by atomic mass is 19.4. The second kappa shape index (κ2) is 10.7. The molecule has 0 aromatic heterocycles. The van der Waals surface area contributed by atoms with E-state index < -0.39 is 65.8 Å². The summed E-state index contributed by atoms with van der Waals surface area (Å²) in [5.74, 6) is -4.91. The van der Waals surface area contributed by atoms with Crippen molar-refractivity contribution in [3.63, 3.8) is 0 Å². The number of rotatable bonds is 9. The minimum Gasteiger partial charge on any atom is -0.336 e. The molecule has 0 bridgehead atoms. The van der Waals surface area contributed by atoms with Gasteiger partial charge >= 0.3 is 12.4 Å². The molecule has 12 heteroatoms. The molecular formula is C23H27F8N3O.